The number of para-hydroxylation sites is 1. The van der Waals surface area contributed by atoms with Crippen molar-refractivity contribution in [1.82, 2.24) is 0 Å². The van der Waals surface area contributed by atoms with Crippen LogP contribution in [0.5, 0.6) is 5.75 Å². The molecule has 0 atom stereocenters. The number of aromatic hydroxyl groups is 1. The lowest BCUT2D eigenvalue weighted by molar-refractivity contribution is -0.116. The fraction of sp³-hybridized carbons (Fsp3) is 0.406. The van der Waals surface area contributed by atoms with E-state index in [4.69, 9.17) is 0 Å². The number of nitrogens with one attached hydrogen (secondary N) is 1. The van der Waals surface area contributed by atoms with Crippen molar-refractivity contribution < 1.29 is 19.5 Å². The monoisotopic (exact) mass is 516 g/mol. The normalized spacial score (nSPS) is 10.9. The number of fused-ring (bicyclic) bond motifs is 1. The van der Waals surface area contributed by atoms with E-state index >= 15 is 0 Å². The molecule has 0 spiro atoms. The van der Waals surface area contributed by atoms with Crippen molar-refractivity contribution >= 4 is 40.2 Å². The summed E-state index contributed by atoms with van der Waals surface area (Å²) < 4.78 is 0. The Morgan fingerprint density at radius 1 is 0.816 bits per heavy atom. The van der Waals surface area contributed by atoms with E-state index in [0.29, 0.717) is 34.9 Å². The highest BCUT2D eigenvalue weighted by Crippen LogP contribution is 2.35. The van der Waals surface area contributed by atoms with Crippen molar-refractivity contribution in [3.8, 4) is 5.75 Å². The van der Waals surface area contributed by atoms with Gasteiger partial charge in [-0.05, 0) is 30.7 Å². The predicted molar refractivity (Wildman–Crippen MR) is 155 cm³/mol. The second-order valence-corrected chi connectivity index (χ2v) is 9.85. The maximum absolute atomic E-state index is 12.9. The van der Waals surface area contributed by atoms with Crippen LogP contribution >= 0.6 is 0 Å². The van der Waals surface area contributed by atoms with Crippen LogP contribution in [0.4, 0.5) is 11.4 Å². The van der Waals surface area contributed by atoms with Crippen LogP contribution in [0.2, 0.25) is 0 Å². The van der Waals surface area contributed by atoms with E-state index in [1.807, 2.05) is 6.07 Å². The second kappa shape index (κ2) is 14.9. The molecule has 2 amide bonds. The molecule has 0 aliphatic carbocycles. The number of carbonyl (C=O) groups is 3. The number of phenols is 1. The van der Waals surface area contributed by atoms with Gasteiger partial charge in [-0.3, -0.25) is 14.4 Å². The average molecular weight is 517 g/mol. The van der Waals surface area contributed by atoms with Gasteiger partial charge in [0.2, 0.25) is 5.91 Å². The van der Waals surface area contributed by atoms with E-state index in [1.165, 1.54) is 51.4 Å². The molecular formula is C32H40N2O4. The highest BCUT2D eigenvalue weighted by molar-refractivity contribution is 6.13. The zero-order chi connectivity index (χ0) is 27.3. The molecule has 0 aromatic heterocycles. The van der Waals surface area contributed by atoms with Crippen LogP contribution in [0.3, 0.4) is 0 Å². The van der Waals surface area contributed by atoms with E-state index in [0.717, 1.165) is 18.5 Å². The average Bonchev–Trinajstić information content (AvgIpc) is 2.92. The van der Waals surface area contributed by atoms with Crippen LogP contribution in [-0.2, 0) is 4.79 Å². The minimum atomic E-state index is -0.516. The van der Waals surface area contributed by atoms with Gasteiger partial charge in [-0.25, -0.2) is 0 Å². The van der Waals surface area contributed by atoms with Gasteiger partial charge in [-0.15, -0.1) is 0 Å². The molecule has 3 aromatic carbocycles. The number of carbonyl (C=O) groups excluding carboxylic acids is 3. The molecule has 0 fully saturated rings. The quantitative estimate of drug-likeness (QED) is 0.159. The molecule has 0 aliphatic heterocycles. The summed E-state index contributed by atoms with van der Waals surface area (Å²) in [6.07, 6.45) is 12.9. The number of anilines is 2. The number of rotatable bonds is 15. The fourth-order valence-electron chi connectivity index (χ4n) is 4.85. The molecule has 0 saturated carbocycles. The van der Waals surface area contributed by atoms with Crippen LogP contribution in [0.1, 0.15) is 98.8 Å². The summed E-state index contributed by atoms with van der Waals surface area (Å²) in [4.78, 5) is 38.6. The molecule has 6 heteroatoms. The van der Waals surface area contributed by atoms with Crippen molar-refractivity contribution in [2.45, 2.75) is 78.1 Å². The van der Waals surface area contributed by atoms with Gasteiger partial charge in [0.1, 0.15) is 5.75 Å². The van der Waals surface area contributed by atoms with Gasteiger partial charge in [-0.2, -0.15) is 0 Å². The number of unbranched alkanes of at least 4 members (excludes halogenated alkanes) is 9. The number of benzene rings is 3. The molecule has 0 unspecified atom stereocenters. The number of hydrogen-bond donors (Lipinski definition) is 2. The van der Waals surface area contributed by atoms with Crippen LogP contribution in [0, 0.1) is 0 Å². The molecule has 38 heavy (non-hydrogen) atoms. The van der Waals surface area contributed by atoms with Gasteiger partial charge in [0.15, 0.2) is 6.29 Å². The minimum absolute atomic E-state index is 0.0554. The van der Waals surface area contributed by atoms with Gasteiger partial charge in [-0.1, -0.05) is 95.0 Å². The number of amides is 2. The van der Waals surface area contributed by atoms with E-state index < -0.39 is 5.91 Å². The van der Waals surface area contributed by atoms with Crippen molar-refractivity contribution in [2.75, 3.05) is 16.8 Å². The van der Waals surface area contributed by atoms with Gasteiger partial charge < -0.3 is 15.3 Å². The Morgan fingerprint density at radius 3 is 2.13 bits per heavy atom. The second-order valence-electron chi connectivity index (χ2n) is 9.85. The van der Waals surface area contributed by atoms with E-state index in [2.05, 4.69) is 12.2 Å². The van der Waals surface area contributed by atoms with Crippen molar-refractivity contribution in [1.29, 1.82) is 0 Å². The minimum Gasteiger partial charge on any atom is -0.506 e. The largest absolute Gasteiger partial charge is 0.506 e. The van der Waals surface area contributed by atoms with E-state index in [1.54, 1.807) is 60.4 Å². The molecule has 3 aromatic rings. The molecule has 0 radical (unpaired) electrons. The summed E-state index contributed by atoms with van der Waals surface area (Å²) in [5, 5.41) is 14.9. The number of phenolic OH excluding ortho intramolecular Hbond substituents is 1. The summed E-state index contributed by atoms with van der Waals surface area (Å²) in [5.41, 5.74) is 1.55. The molecule has 0 aliphatic rings. The molecule has 0 saturated heterocycles. The van der Waals surface area contributed by atoms with Crippen LogP contribution in [0.15, 0.2) is 54.6 Å². The third kappa shape index (κ3) is 7.67. The standard InChI is InChI=1S/C32H40N2O4/c1-3-4-5-6-7-8-9-10-11-14-22-34(24(2)36)30-19-15-17-27-26(30)20-21-28(31(27)37)32(38)33-29-18-13-12-16-25(29)23-35/h12-13,15-21,23,37H,3-11,14,22H2,1-2H3,(H,33,38). The van der Waals surface area contributed by atoms with Crippen molar-refractivity contribution in [3.05, 3.63) is 65.7 Å². The van der Waals surface area contributed by atoms with Gasteiger partial charge in [0, 0.05) is 29.8 Å². The fourth-order valence-corrected chi connectivity index (χ4v) is 4.85. The summed E-state index contributed by atoms with van der Waals surface area (Å²) in [6, 6.07) is 15.4. The summed E-state index contributed by atoms with van der Waals surface area (Å²) in [6.45, 7) is 4.40. The lowest BCUT2D eigenvalue weighted by Crippen LogP contribution is -2.29. The van der Waals surface area contributed by atoms with Crippen molar-refractivity contribution in [3.63, 3.8) is 0 Å². The first-order chi connectivity index (χ1) is 18.5. The maximum Gasteiger partial charge on any atom is 0.259 e. The van der Waals surface area contributed by atoms with Crippen molar-refractivity contribution in [2.24, 2.45) is 0 Å². The van der Waals surface area contributed by atoms with E-state index in [9.17, 15) is 19.5 Å². The molecule has 2 N–H and O–H groups in total. The topological polar surface area (TPSA) is 86.7 Å². The molecule has 202 valence electrons. The Labute approximate surface area is 226 Å². The molecular weight excluding hydrogens is 476 g/mol. The lowest BCUT2D eigenvalue weighted by Gasteiger charge is -2.23. The van der Waals surface area contributed by atoms with Crippen LogP contribution < -0.4 is 10.2 Å². The lowest BCUT2D eigenvalue weighted by atomic mass is 10.0. The summed E-state index contributed by atoms with van der Waals surface area (Å²) >= 11 is 0. The summed E-state index contributed by atoms with van der Waals surface area (Å²) in [5.74, 6) is -0.731. The highest BCUT2D eigenvalue weighted by Gasteiger charge is 2.19. The van der Waals surface area contributed by atoms with Gasteiger partial charge >= 0.3 is 0 Å². The molecule has 0 heterocycles. The SMILES string of the molecule is CCCCCCCCCCCCN(C(C)=O)c1cccc2c(O)c(C(=O)Nc3ccccc3C=O)ccc12. The Bertz CT molecular complexity index is 1240. The van der Waals surface area contributed by atoms with Crippen LogP contribution in [-0.4, -0.2) is 29.8 Å². The van der Waals surface area contributed by atoms with Gasteiger partial charge in [0.25, 0.3) is 5.91 Å². The Balaban J connectivity index is 1.67. The van der Waals surface area contributed by atoms with E-state index in [-0.39, 0.29) is 17.2 Å². The Hall–Kier alpha value is -3.67. The van der Waals surface area contributed by atoms with Crippen LogP contribution in [0.25, 0.3) is 10.8 Å². The zero-order valence-corrected chi connectivity index (χ0v) is 22.7. The first-order valence-corrected chi connectivity index (χ1v) is 13.9. The molecule has 0 bridgehead atoms. The Morgan fingerprint density at radius 2 is 1.47 bits per heavy atom. The smallest absolute Gasteiger partial charge is 0.259 e. The zero-order valence-electron chi connectivity index (χ0n) is 22.7. The first-order valence-electron chi connectivity index (χ1n) is 13.9. The maximum atomic E-state index is 12.9. The number of hydrogen-bond acceptors (Lipinski definition) is 4. The first kappa shape index (κ1) is 28.9. The van der Waals surface area contributed by atoms with Gasteiger partial charge in [0.05, 0.1) is 16.9 Å². The molecule has 3 rings (SSSR count). The predicted octanol–water partition coefficient (Wildman–Crippen LogP) is 7.88. The molecule has 6 nitrogen and oxygen atoms in total. The third-order valence-electron chi connectivity index (χ3n) is 7.00. The highest BCUT2D eigenvalue weighted by atomic mass is 16.3. The number of aldehydes is 1. The Kier molecular flexibility index (Phi) is 11.3. The summed E-state index contributed by atoms with van der Waals surface area (Å²) in [7, 11) is 0. The third-order valence-corrected chi connectivity index (χ3v) is 7.00. The number of nitrogens with zero attached hydrogens (tertiary/aromatic N) is 1.